The maximum absolute atomic E-state index is 5.87. The molecule has 2 nitrogen and oxygen atoms in total. The molecule has 0 saturated heterocycles. The zero-order valence-corrected chi connectivity index (χ0v) is 9.62. The molecular weight excluding hydrogens is 244 g/mol. The van der Waals surface area contributed by atoms with Crippen LogP contribution in [0.3, 0.4) is 0 Å². The van der Waals surface area contributed by atoms with Crippen molar-refractivity contribution in [3.05, 3.63) is 27.7 Å². The van der Waals surface area contributed by atoms with Crippen molar-refractivity contribution in [3.8, 4) is 5.75 Å². The summed E-state index contributed by atoms with van der Waals surface area (Å²) in [5, 5.41) is 1.08. The number of benzene rings is 1. The van der Waals surface area contributed by atoms with Crippen LogP contribution in [0, 0.1) is 0 Å². The number of nitrogens with two attached hydrogens (primary N) is 1. The van der Waals surface area contributed by atoms with Crippen LogP contribution in [0.1, 0.15) is 5.56 Å². The first-order chi connectivity index (χ1) is 6.16. The lowest BCUT2D eigenvalue weighted by Gasteiger charge is -2.22. The van der Waals surface area contributed by atoms with E-state index < -0.39 is 0 Å². The van der Waals surface area contributed by atoms with Gasteiger partial charge in [0, 0.05) is 12.1 Å². The number of halogens is 3. The molecule has 1 heterocycles. The largest absolute Gasteiger partial charge is 0.492 e. The first-order valence-electron chi connectivity index (χ1n) is 4.03. The molecule has 1 aliphatic rings. The van der Waals surface area contributed by atoms with Crippen LogP contribution in [0.2, 0.25) is 10.0 Å². The van der Waals surface area contributed by atoms with Gasteiger partial charge in [0.05, 0.1) is 10.0 Å². The zero-order chi connectivity index (χ0) is 9.42. The standard InChI is InChI=1S/C9H9Cl2NO.ClH/c10-7-2-5-1-6(12)4-13-9(5)3-8(7)11;/h2-3,6H,1,4,12H2;1H. The number of hydrogen-bond donors (Lipinski definition) is 1. The van der Waals surface area contributed by atoms with E-state index in [1.54, 1.807) is 6.07 Å². The van der Waals surface area contributed by atoms with E-state index in [-0.39, 0.29) is 18.4 Å². The van der Waals surface area contributed by atoms with E-state index in [1.165, 1.54) is 0 Å². The van der Waals surface area contributed by atoms with Crippen LogP contribution in [0.25, 0.3) is 0 Å². The molecule has 0 saturated carbocycles. The van der Waals surface area contributed by atoms with Gasteiger partial charge in [-0.1, -0.05) is 23.2 Å². The Morgan fingerprint density at radius 1 is 1.29 bits per heavy atom. The second-order valence-corrected chi connectivity index (χ2v) is 3.96. The van der Waals surface area contributed by atoms with Crippen molar-refractivity contribution >= 4 is 35.6 Å². The summed E-state index contributed by atoms with van der Waals surface area (Å²) in [6.45, 7) is 0.547. The van der Waals surface area contributed by atoms with Crippen molar-refractivity contribution in [2.75, 3.05) is 6.61 Å². The van der Waals surface area contributed by atoms with Crippen molar-refractivity contribution < 1.29 is 4.74 Å². The Kier molecular flexibility index (Phi) is 3.90. The molecule has 1 atom stereocenters. The Morgan fingerprint density at radius 3 is 2.64 bits per heavy atom. The summed E-state index contributed by atoms with van der Waals surface area (Å²) >= 11 is 11.7. The van der Waals surface area contributed by atoms with E-state index in [9.17, 15) is 0 Å². The Bertz CT molecular complexity index is 343. The van der Waals surface area contributed by atoms with Crippen LogP contribution in [-0.4, -0.2) is 12.6 Å². The summed E-state index contributed by atoms with van der Waals surface area (Å²) in [6.07, 6.45) is 0.798. The van der Waals surface area contributed by atoms with Crippen molar-refractivity contribution in [2.24, 2.45) is 5.73 Å². The molecule has 2 N–H and O–H groups in total. The SMILES string of the molecule is Cl.NC1COc2cc(Cl)c(Cl)cc2C1. The summed E-state index contributed by atoms with van der Waals surface area (Å²) in [5.41, 5.74) is 6.77. The molecule has 1 aliphatic heterocycles. The van der Waals surface area contributed by atoms with Gasteiger partial charge in [-0.15, -0.1) is 12.4 Å². The molecule has 1 unspecified atom stereocenters. The smallest absolute Gasteiger partial charge is 0.124 e. The molecule has 1 aromatic rings. The molecule has 1 aromatic carbocycles. The van der Waals surface area contributed by atoms with Gasteiger partial charge in [0.25, 0.3) is 0 Å². The van der Waals surface area contributed by atoms with Crippen LogP contribution < -0.4 is 10.5 Å². The maximum Gasteiger partial charge on any atom is 0.124 e. The van der Waals surface area contributed by atoms with E-state index in [0.29, 0.717) is 16.7 Å². The lowest BCUT2D eigenvalue weighted by Crippen LogP contribution is -2.33. The molecule has 0 bridgehead atoms. The molecular formula is C9H10Cl3NO. The highest BCUT2D eigenvalue weighted by molar-refractivity contribution is 6.42. The second kappa shape index (κ2) is 4.58. The van der Waals surface area contributed by atoms with Crippen molar-refractivity contribution in [2.45, 2.75) is 12.5 Å². The van der Waals surface area contributed by atoms with E-state index in [2.05, 4.69) is 0 Å². The highest BCUT2D eigenvalue weighted by Gasteiger charge is 2.17. The minimum Gasteiger partial charge on any atom is -0.492 e. The third-order valence-corrected chi connectivity index (χ3v) is 2.76. The van der Waals surface area contributed by atoms with E-state index >= 15 is 0 Å². The Balaban J connectivity index is 0.000000980. The molecule has 0 aliphatic carbocycles. The quantitative estimate of drug-likeness (QED) is 0.772. The Labute approximate surface area is 98.7 Å². The summed E-state index contributed by atoms with van der Waals surface area (Å²) in [5.74, 6) is 0.802. The van der Waals surface area contributed by atoms with E-state index in [4.69, 9.17) is 33.7 Å². The zero-order valence-electron chi connectivity index (χ0n) is 7.30. The van der Waals surface area contributed by atoms with Gasteiger partial charge >= 0.3 is 0 Å². The molecule has 0 amide bonds. The van der Waals surface area contributed by atoms with Gasteiger partial charge in [-0.05, 0) is 18.1 Å². The molecule has 2 rings (SSSR count). The van der Waals surface area contributed by atoms with E-state index in [0.717, 1.165) is 17.7 Å². The summed E-state index contributed by atoms with van der Waals surface area (Å²) < 4.78 is 5.40. The lowest BCUT2D eigenvalue weighted by atomic mass is 10.0. The molecule has 0 aromatic heterocycles. The fourth-order valence-corrected chi connectivity index (χ4v) is 1.74. The summed E-state index contributed by atoms with van der Waals surface area (Å²) in [6, 6.07) is 3.62. The van der Waals surface area contributed by atoms with Crippen molar-refractivity contribution in [1.82, 2.24) is 0 Å². The Morgan fingerprint density at radius 2 is 1.93 bits per heavy atom. The number of ether oxygens (including phenoxy) is 1. The van der Waals surface area contributed by atoms with Gasteiger partial charge in [0.1, 0.15) is 12.4 Å². The molecule has 14 heavy (non-hydrogen) atoms. The molecule has 5 heteroatoms. The van der Waals surface area contributed by atoms with Crippen molar-refractivity contribution in [1.29, 1.82) is 0 Å². The van der Waals surface area contributed by atoms with Gasteiger partial charge in [0.15, 0.2) is 0 Å². The van der Waals surface area contributed by atoms with Gasteiger partial charge in [-0.25, -0.2) is 0 Å². The third-order valence-electron chi connectivity index (χ3n) is 2.04. The topological polar surface area (TPSA) is 35.2 Å². The maximum atomic E-state index is 5.87. The summed E-state index contributed by atoms with van der Waals surface area (Å²) in [4.78, 5) is 0. The van der Waals surface area contributed by atoms with E-state index in [1.807, 2.05) is 6.07 Å². The fourth-order valence-electron chi connectivity index (χ4n) is 1.40. The third kappa shape index (κ3) is 2.26. The van der Waals surface area contributed by atoms with Crippen LogP contribution in [-0.2, 0) is 6.42 Å². The van der Waals surface area contributed by atoms with Crippen LogP contribution in [0.5, 0.6) is 5.75 Å². The fraction of sp³-hybridized carbons (Fsp3) is 0.333. The Hall–Kier alpha value is -0.150. The van der Waals surface area contributed by atoms with Gasteiger partial charge in [0.2, 0.25) is 0 Å². The highest BCUT2D eigenvalue weighted by atomic mass is 35.5. The number of hydrogen-bond acceptors (Lipinski definition) is 2. The molecule has 0 radical (unpaired) electrons. The highest BCUT2D eigenvalue weighted by Crippen LogP contribution is 2.33. The van der Waals surface area contributed by atoms with Crippen LogP contribution >= 0.6 is 35.6 Å². The first-order valence-corrected chi connectivity index (χ1v) is 4.78. The van der Waals surface area contributed by atoms with Crippen LogP contribution in [0.4, 0.5) is 0 Å². The first kappa shape index (κ1) is 11.9. The second-order valence-electron chi connectivity index (χ2n) is 3.15. The predicted molar refractivity (Wildman–Crippen MR) is 60.9 cm³/mol. The molecule has 78 valence electrons. The minimum atomic E-state index is 0. The van der Waals surface area contributed by atoms with Gasteiger partial charge in [-0.3, -0.25) is 0 Å². The minimum absolute atomic E-state index is 0. The molecule has 0 spiro atoms. The summed E-state index contributed by atoms with van der Waals surface area (Å²) in [7, 11) is 0. The van der Waals surface area contributed by atoms with Crippen LogP contribution in [0.15, 0.2) is 12.1 Å². The monoisotopic (exact) mass is 253 g/mol. The molecule has 0 fully saturated rings. The van der Waals surface area contributed by atoms with Gasteiger partial charge in [-0.2, -0.15) is 0 Å². The van der Waals surface area contributed by atoms with Gasteiger partial charge < -0.3 is 10.5 Å². The average molecular weight is 255 g/mol. The number of rotatable bonds is 0. The van der Waals surface area contributed by atoms with Crippen molar-refractivity contribution in [3.63, 3.8) is 0 Å². The normalized spacial score (nSPS) is 19.2. The average Bonchev–Trinajstić information content (AvgIpc) is 2.08. The predicted octanol–water partition coefficient (Wildman–Crippen LogP) is 2.68. The lowest BCUT2D eigenvalue weighted by molar-refractivity contribution is 0.263. The number of fused-ring (bicyclic) bond motifs is 1.